The molecule has 0 saturated carbocycles. The van der Waals surface area contributed by atoms with Gasteiger partial charge < -0.3 is 8.92 Å². The molecule has 0 saturated heterocycles. The smallest absolute Gasteiger partial charge is 0.339 e. The van der Waals surface area contributed by atoms with Gasteiger partial charge >= 0.3 is 16.1 Å². The van der Waals surface area contributed by atoms with Crippen molar-refractivity contribution in [3.8, 4) is 11.5 Å². The molecular weight excluding hydrogens is 374 g/mol. The van der Waals surface area contributed by atoms with Gasteiger partial charge in [0.05, 0.1) is 4.92 Å². The van der Waals surface area contributed by atoms with Gasteiger partial charge in [-0.2, -0.15) is 8.42 Å². The number of esters is 1. The lowest BCUT2D eigenvalue weighted by atomic mass is 10.2. The molecule has 0 aliphatic carbocycles. The number of nitrogens with zero attached hydrogens (tertiary/aromatic N) is 1. The Morgan fingerprint density at radius 2 is 1.74 bits per heavy atom. The molecule has 0 aliphatic heterocycles. The topological polar surface area (TPSA) is 113 Å². The number of nitro benzene ring substituents is 1. The molecule has 0 aliphatic rings. The molecule has 0 radical (unpaired) electrons. The first kappa shape index (κ1) is 20.4. The molecule has 2 aromatic rings. The van der Waals surface area contributed by atoms with E-state index in [1.54, 1.807) is 0 Å². The van der Waals surface area contributed by atoms with Gasteiger partial charge in [0.1, 0.15) is 16.4 Å². The lowest BCUT2D eigenvalue weighted by molar-refractivity contribution is -0.384. The molecule has 0 fully saturated rings. The number of hydrogen-bond donors (Lipinski definition) is 0. The molecule has 0 unspecified atom stereocenters. The number of carbonyl (C=O) groups excluding carboxylic acids is 1. The monoisotopic (exact) mass is 393 g/mol. The predicted molar refractivity (Wildman–Crippen MR) is 97.1 cm³/mol. The van der Waals surface area contributed by atoms with Crippen LogP contribution in [0.5, 0.6) is 11.5 Å². The van der Waals surface area contributed by atoms with Gasteiger partial charge in [0.25, 0.3) is 5.69 Å². The van der Waals surface area contributed by atoms with Crippen molar-refractivity contribution < 1.29 is 27.1 Å². The number of carbonyl (C=O) groups is 1. The van der Waals surface area contributed by atoms with Crippen molar-refractivity contribution >= 4 is 21.8 Å². The average molecular weight is 393 g/mol. The van der Waals surface area contributed by atoms with E-state index in [4.69, 9.17) is 8.92 Å². The largest absolute Gasteiger partial charge is 0.426 e. The highest BCUT2D eigenvalue weighted by atomic mass is 32.2. The van der Waals surface area contributed by atoms with E-state index in [2.05, 4.69) is 0 Å². The number of hydrogen-bond acceptors (Lipinski definition) is 7. The summed E-state index contributed by atoms with van der Waals surface area (Å²) in [6, 6.07) is 10.0. The van der Waals surface area contributed by atoms with Crippen LogP contribution in [0.25, 0.3) is 0 Å². The van der Waals surface area contributed by atoms with Crippen LogP contribution < -0.4 is 8.92 Å². The van der Waals surface area contributed by atoms with E-state index in [9.17, 15) is 23.3 Å². The third-order valence-corrected chi connectivity index (χ3v) is 4.83. The Morgan fingerprint density at radius 3 is 2.37 bits per heavy atom. The highest BCUT2D eigenvalue weighted by Crippen LogP contribution is 2.24. The van der Waals surface area contributed by atoms with Crippen molar-refractivity contribution in [3.05, 3.63) is 58.6 Å². The Bertz CT molecular complexity index is 908. The molecule has 9 heteroatoms. The Morgan fingerprint density at radius 1 is 1.07 bits per heavy atom. The molecule has 144 valence electrons. The summed E-state index contributed by atoms with van der Waals surface area (Å²) in [7, 11) is -4.18. The van der Waals surface area contributed by atoms with Crippen molar-refractivity contribution in [1.29, 1.82) is 0 Å². The van der Waals surface area contributed by atoms with E-state index < -0.39 is 21.0 Å². The van der Waals surface area contributed by atoms with Gasteiger partial charge in [0.15, 0.2) is 0 Å². The maximum atomic E-state index is 12.3. The molecule has 2 aromatic carbocycles. The van der Waals surface area contributed by atoms with E-state index in [0.29, 0.717) is 0 Å². The summed E-state index contributed by atoms with van der Waals surface area (Å²) in [4.78, 5) is 21.5. The Balaban J connectivity index is 2.08. The number of ether oxygens (including phenoxy) is 1. The SMILES string of the molecule is CCCCCC(=O)Oc1cccc(OS(=O)(=O)c2ccc([N+](=O)[O-])cc2)c1. The van der Waals surface area contributed by atoms with Crippen molar-refractivity contribution in [2.24, 2.45) is 0 Å². The molecule has 2 rings (SSSR count). The van der Waals surface area contributed by atoms with Gasteiger partial charge in [-0.3, -0.25) is 14.9 Å². The lowest BCUT2D eigenvalue weighted by Gasteiger charge is -2.09. The number of non-ortho nitro benzene ring substituents is 1. The molecule has 8 nitrogen and oxygen atoms in total. The molecule has 0 amide bonds. The van der Waals surface area contributed by atoms with Crippen LogP contribution in [0.3, 0.4) is 0 Å². The number of benzene rings is 2. The van der Waals surface area contributed by atoms with Gasteiger partial charge in [0, 0.05) is 24.6 Å². The van der Waals surface area contributed by atoms with Gasteiger partial charge in [-0.15, -0.1) is 0 Å². The molecule has 0 spiro atoms. The van der Waals surface area contributed by atoms with Gasteiger partial charge in [-0.1, -0.05) is 25.8 Å². The second-order valence-corrected chi connectivity index (χ2v) is 7.24. The van der Waals surface area contributed by atoms with Gasteiger partial charge in [-0.25, -0.2) is 0 Å². The van der Waals surface area contributed by atoms with Crippen molar-refractivity contribution in [2.45, 2.75) is 37.5 Å². The van der Waals surface area contributed by atoms with Crippen LogP contribution in [0.4, 0.5) is 5.69 Å². The standard InChI is InChI=1S/C18H19NO7S/c1-2-3-4-8-18(20)25-15-6-5-7-16(13-15)26-27(23,24)17-11-9-14(10-12-17)19(21)22/h5-7,9-13H,2-4,8H2,1H3. The van der Waals surface area contributed by atoms with Gasteiger partial charge in [0.2, 0.25) is 0 Å². The van der Waals surface area contributed by atoms with Crippen LogP contribution in [0, 0.1) is 10.1 Å². The summed E-state index contributed by atoms with van der Waals surface area (Å²) in [6.45, 7) is 2.03. The fraction of sp³-hybridized carbons (Fsp3) is 0.278. The minimum atomic E-state index is -4.18. The first-order valence-corrected chi connectivity index (χ1v) is 9.72. The summed E-state index contributed by atoms with van der Waals surface area (Å²) in [6.07, 6.45) is 2.91. The second-order valence-electron chi connectivity index (χ2n) is 5.69. The highest BCUT2D eigenvalue weighted by molar-refractivity contribution is 7.87. The van der Waals surface area contributed by atoms with Crippen LogP contribution in [-0.2, 0) is 14.9 Å². The molecule has 0 bridgehead atoms. The lowest BCUT2D eigenvalue weighted by Crippen LogP contribution is -2.10. The van der Waals surface area contributed by atoms with Crippen LogP contribution in [0.15, 0.2) is 53.4 Å². The molecular formula is C18H19NO7S. The number of unbranched alkanes of at least 4 members (excludes halogenated alkanes) is 2. The zero-order chi connectivity index (χ0) is 19.9. The Hall–Kier alpha value is -2.94. The molecule has 0 N–H and O–H groups in total. The molecule has 0 aromatic heterocycles. The fourth-order valence-electron chi connectivity index (χ4n) is 2.20. The minimum absolute atomic E-state index is 0.0350. The predicted octanol–water partition coefficient (Wildman–Crippen LogP) is 3.85. The Labute approximate surface area is 157 Å². The third-order valence-electron chi connectivity index (χ3n) is 3.56. The molecule has 0 heterocycles. The minimum Gasteiger partial charge on any atom is -0.426 e. The fourth-order valence-corrected chi connectivity index (χ4v) is 3.12. The summed E-state index contributed by atoms with van der Waals surface area (Å²) in [5.41, 5.74) is -0.231. The van der Waals surface area contributed by atoms with E-state index >= 15 is 0 Å². The quantitative estimate of drug-likeness (QED) is 0.159. The zero-order valence-electron chi connectivity index (χ0n) is 14.7. The van der Waals surface area contributed by atoms with Crippen LogP contribution in [0.2, 0.25) is 0 Å². The summed E-state index contributed by atoms with van der Waals surface area (Å²) >= 11 is 0. The van der Waals surface area contributed by atoms with Crippen molar-refractivity contribution in [3.63, 3.8) is 0 Å². The maximum absolute atomic E-state index is 12.3. The highest BCUT2D eigenvalue weighted by Gasteiger charge is 2.18. The third kappa shape index (κ3) is 6.07. The summed E-state index contributed by atoms with van der Waals surface area (Å²) < 4.78 is 34.8. The zero-order valence-corrected chi connectivity index (χ0v) is 15.5. The molecule has 0 atom stereocenters. The number of rotatable bonds is 9. The molecule has 27 heavy (non-hydrogen) atoms. The van der Waals surface area contributed by atoms with Crippen LogP contribution in [-0.4, -0.2) is 19.3 Å². The van der Waals surface area contributed by atoms with Gasteiger partial charge in [-0.05, 0) is 30.7 Å². The maximum Gasteiger partial charge on any atom is 0.339 e. The second kappa shape index (κ2) is 9.13. The van der Waals surface area contributed by atoms with E-state index in [1.165, 1.54) is 24.3 Å². The van der Waals surface area contributed by atoms with Crippen molar-refractivity contribution in [1.82, 2.24) is 0 Å². The van der Waals surface area contributed by atoms with E-state index in [-0.39, 0.29) is 28.5 Å². The van der Waals surface area contributed by atoms with Crippen LogP contribution >= 0.6 is 0 Å². The summed E-state index contributed by atoms with van der Waals surface area (Å²) in [5, 5.41) is 10.6. The first-order chi connectivity index (χ1) is 12.8. The summed E-state index contributed by atoms with van der Waals surface area (Å²) in [5.74, 6) is -0.265. The Kier molecular flexibility index (Phi) is 6.89. The first-order valence-electron chi connectivity index (χ1n) is 8.31. The van der Waals surface area contributed by atoms with E-state index in [0.717, 1.165) is 43.5 Å². The average Bonchev–Trinajstić information content (AvgIpc) is 2.62. The van der Waals surface area contributed by atoms with E-state index in [1.807, 2.05) is 6.92 Å². The normalized spacial score (nSPS) is 11.0. The number of nitro groups is 1. The van der Waals surface area contributed by atoms with Crippen molar-refractivity contribution in [2.75, 3.05) is 0 Å². The van der Waals surface area contributed by atoms with Crippen LogP contribution in [0.1, 0.15) is 32.6 Å².